The van der Waals surface area contributed by atoms with E-state index in [2.05, 4.69) is 11.9 Å². The smallest absolute Gasteiger partial charge is 0.153 e. The van der Waals surface area contributed by atoms with Gasteiger partial charge in [0.05, 0.1) is 10.9 Å². The van der Waals surface area contributed by atoms with E-state index in [1.807, 2.05) is 4.57 Å². The summed E-state index contributed by atoms with van der Waals surface area (Å²) in [4.78, 5) is 4.24. The second-order valence-corrected chi connectivity index (χ2v) is 5.65. The van der Waals surface area contributed by atoms with E-state index >= 15 is 0 Å². The maximum absolute atomic E-state index is 13.7. The van der Waals surface area contributed by atoms with E-state index in [0.717, 1.165) is 12.5 Å². The lowest BCUT2D eigenvalue weighted by Gasteiger charge is -2.09. The van der Waals surface area contributed by atoms with Crippen molar-refractivity contribution in [1.29, 1.82) is 0 Å². The van der Waals surface area contributed by atoms with Crippen LogP contribution in [0.5, 0.6) is 0 Å². The summed E-state index contributed by atoms with van der Waals surface area (Å²) in [5.74, 6) is -0.0905. The van der Waals surface area contributed by atoms with Crippen LogP contribution in [0.3, 0.4) is 0 Å². The van der Waals surface area contributed by atoms with E-state index in [1.165, 1.54) is 6.07 Å². The van der Waals surface area contributed by atoms with Gasteiger partial charge in [0.1, 0.15) is 17.2 Å². The van der Waals surface area contributed by atoms with E-state index in [0.29, 0.717) is 17.3 Å². The molecule has 2 nitrogen and oxygen atoms in total. The number of imidazole rings is 1. The third kappa shape index (κ3) is 1.70. The van der Waals surface area contributed by atoms with Crippen molar-refractivity contribution >= 4 is 22.6 Å². The van der Waals surface area contributed by atoms with Gasteiger partial charge in [0.25, 0.3) is 0 Å². The zero-order valence-electron chi connectivity index (χ0n) is 10.1. The monoisotopic (exact) mass is 270 g/mol. The molecule has 1 aliphatic carbocycles. The third-order valence-corrected chi connectivity index (χ3v) is 3.69. The molecule has 0 amide bonds. The molecule has 0 N–H and O–H groups in total. The van der Waals surface area contributed by atoms with Crippen LogP contribution in [0.2, 0.25) is 0 Å². The predicted molar refractivity (Wildman–Crippen MR) is 66.7 cm³/mol. The molecule has 1 aromatic heterocycles. The molecule has 1 aromatic carbocycles. The van der Waals surface area contributed by atoms with Gasteiger partial charge >= 0.3 is 0 Å². The molecule has 1 fully saturated rings. The van der Waals surface area contributed by atoms with Crippen LogP contribution in [0.4, 0.5) is 8.78 Å². The minimum atomic E-state index is -0.629. The molecule has 0 spiro atoms. The normalized spacial score (nSPS) is 24.5. The van der Waals surface area contributed by atoms with Gasteiger partial charge in [-0.25, -0.2) is 13.8 Å². The first kappa shape index (κ1) is 11.9. The Balaban J connectivity index is 2.31. The molecule has 0 bridgehead atoms. The molecule has 1 saturated carbocycles. The van der Waals surface area contributed by atoms with Crippen LogP contribution in [0, 0.1) is 17.6 Å². The molecular formula is C13H13ClF2N2. The average molecular weight is 271 g/mol. The molecule has 0 radical (unpaired) electrons. The Morgan fingerprint density at radius 2 is 2.11 bits per heavy atom. The van der Waals surface area contributed by atoms with Crippen LogP contribution in [-0.2, 0) is 0 Å². The standard InChI is InChI=1S/C13H13ClF2N2/c1-6-3-10(6)18-11-5-8(15)4-9(16)12(11)17-13(18)7(2)14/h4-7,10H,3H2,1-2H3. The van der Waals surface area contributed by atoms with Gasteiger partial charge in [0, 0.05) is 12.1 Å². The number of alkyl halides is 1. The lowest BCUT2D eigenvalue weighted by atomic mass is 10.3. The highest BCUT2D eigenvalue weighted by atomic mass is 35.5. The predicted octanol–water partition coefficient (Wildman–Crippen LogP) is 4.20. The lowest BCUT2D eigenvalue weighted by molar-refractivity contribution is 0.589. The summed E-state index contributed by atoms with van der Waals surface area (Å²) in [7, 11) is 0. The third-order valence-electron chi connectivity index (χ3n) is 3.50. The SMILES string of the molecule is CC(Cl)c1nc2c(F)cc(F)cc2n1C1CC1C. The second-order valence-electron chi connectivity index (χ2n) is 4.99. The maximum Gasteiger partial charge on any atom is 0.153 e. The molecule has 2 aromatic rings. The van der Waals surface area contributed by atoms with E-state index in [4.69, 9.17) is 11.6 Å². The van der Waals surface area contributed by atoms with Gasteiger partial charge in [-0.15, -0.1) is 11.6 Å². The first-order chi connectivity index (χ1) is 8.49. The minimum Gasteiger partial charge on any atom is -0.323 e. The van der Waals surface area contributed by atoms with E-state index in [-0.39, 0.29) is 16.9 Å². The molecule has 3 rings (SSSR count). The highest BCUT2D eigenvalue weighted by molar-refractivity contribution is 6.20. The molecular weight excluding hydrogens is 258 g/mol. The Morgan fingerprint density at radius 1 is 1.44 bits per heavy atom. The van der Waals surface area contributed by atoms with Gasteiger partial charge in [0.2, 0.25) is 0 Å². The van der Waals surface area contributed by atoms with Crippen LogP contribution < -0.4 is 0 Å². The minimum absolute atomic E-state index is 0.206. The van der Waals surface area contributed by atoms with Crippen molar-refractivity contribution in [2.24, 2.45) is 5.92 Å². The zero-order chi connectivity index (χ0) is 13.0. The quantitative estimate of drug-likeness (QED) is 0.748. The van der Waals surface area contributed by atoms with Gasteiger partial charge in [-0.3, -0.25) is 0 Å². The van der Waals surface area contributed by atoms with Crippen LogP contribution in [0.15, 0.2) is 12.1 Å². The molecule has 3 atom stereocenters. The van der Waals surface area contributed by atoms with Crippen molar-refractivity contribution in [3.8, 4) is 0 Å². The lowest BCUT2D eigenvalue weighted by Crippen LogP contribution is -2.03. The number of hydrogen-bond acceptors (Lipinski definition) is 1. The van der Waals surface area contributed by atoms with Crippen molar-refractivity contribution in [3.05, 3.63) is 29.6 Å². The Kier molecular flexibility index (Phi) is 2.59. The topological polar surface area (TPSA) is 17.8 Å². The number of rotatable bonds is 2. The van der Waals surface area contributed by atoms with Crippen molar-refractivity contribution in [3.63, 3.8) is 0 Å². The Labute approximate surface area is 109 Å². The Morgan fingerprint density at radius 3 is 2.67 bits per heavy atom. The molecule has 1 aliphatic rings. The average Bonchev–Trinajstić information content (AvgIpc) is 2.86. The van der Waals surface area contributed by atoms with Gasteiger partial charge < -0.3 is 4.57 Å². The van der Waals surface area contributed by atoms with E-state index in [9.17, 15) is 8.78 Å². The largest absolute Gasteiger partial charge is 0.323 e. The highest BCUT2D eigenvalue weighted by Crippen LogP contribution is 2.46. The summed E-state index contributed by atoms with van der Waals surface area (Å²) in [6, 6.07) is 2.45. The molecule has 0 saturated heterocycles. The van der Waals surface area contributed by atoms with Gasteiger partial charge in [-0.05, 0) is 25.3 Å². The van der Waals surface area contributed by atoms with E-state index in [1.54, 1.807) is 6.92 Å². The number of halogens is 3. The summed E-state index contributed by atoms with van der Waals surface area (Å²) in [6.45, 7) is 3.90. The summed E-state index contributed by atoms with van der Waals surface area (Å²) in [5, 5.41) is -0.326. The number of benzene rings is 1. The fourth-order valence-electron chi connectivity index (χ4n) is 2.43. The number of nitrogens with zero attached hydrogens (tertiary/aromatic N) is 2. The Bertz CT molecular complexity index is 621. The van der Waals surface area contributed by atoms with Crippen LogP contribution in [0.1, 0.15) is 37.5 Å². The van der Waals surface area contributed by atoms with Crippen LogP contribution in [0.25, 0.3) is 11.0 Å². The summed E-state index contributed by atoms with van der Waals surface area (Å²) < 4.78 is 29.0. The van der Waals surface area contributed by atoms with Gasteiger partial charge in [-0.2, -0.15) is 0 Å². The Hall–Kier alpha value is -1.16. The summed E-state index contributed by atoms with van der Waals surface area (Å²) in [6.07, 6.45) is 1.00. The van der Waals surface area contributed by atoms with Crippen molar-refractivity contribution in [1.82, 2.24) is 9.55 Å². The second kappa shape index (κ2) is 3.92. The zero-order valence-corrected chi connectivity index (χ0v) is 10.9. The molecule has 3 unspecified atom stereocenters. The molecule has 96 valence electrons. The number of aromatic nitrogens is 2. The molecule has 18 heavy (non-hydrogen) atoms. The maximum atomic E-state index is 13.7. The summed E-state index contributed by atoms with van der Waals surface area (Å²) >= 11 is 6.09. The van der Waals surface area contributed by atoms with Gasteiger partial charge in [-0.1, -0.05) is 6.92 Å². The fourth-order valence-corrected chi connectivity index (χ4v) is 2.58. The molecule has 0 aliphatic heterocycles. The number of fused-ring (bicyclic) bond motifs is 1. The molecule has 1 heterocycles. The highest BCUT2D eigenvalue weighted by Gasteiger charge is 2.38. The van der Waals surface area contributed by atoms with Crippen molar-refractivity contribution in [2.45, 2.75) is 31.7 Å². The fraction of sp³-hybridized carbons (Fsp3) is 0.462. The first-order valence-electron chi connectivity index (χ1n) is 6.00. The molecule has 5 heteroatoms. The van der Waals surface area contributed by atoms with Crippen LogP contribution >= 0.6 is 11.6 Å². The summed E-state index contributed by atoms with van der Waals surface area (Å²) in [5.41, 5.74) is 0.711. The number of hydrogen-bond donors (Lipinski definition) is 0. The van der Waals surface area contributed by atoms with Crippen LogP contribution in [-0.4, -0.2) is 9.55 Å². The van der Waals surface area contributed by atoms with Gasteiger partial charge in [0.15, 0.2) is 5.82 Å². The van der Waals surface area contributed by atoms with E-state index < -0.39 is 11.6 Å². The van der Waals surface area contributed by atoms with Crippen molar-refractivity contribution < 1.29 is 8.78 Å². The first-order valence-corrected chi connectivity index (χ1v) is 6.43. The van der Waals surface area contributed by atoms with Crippen molar-refractivity contribution in [2.75, 3.05) is 0 Å².